The molecule has 0 saturated heterocycles. The van der Waals surface area contributed by atoms with Gasteiger partial charge in [-0.1, -0.05) is 12.1 Å². The third-order valence-corrected chi connectivity index (χ3v) is 2.63. The Labute approximate surface area is 101 Å². The number of nitrogens with two attached hydrogens (primary N) is 1. The summed E-state index contributed by atoms with van der Waals surface area (Å²) in [4.78, 5) is 11.9. The Morgan fingerprint density at radius 3 is 2.94 bits per heavy atom. The van der Waals surface area contributed by atoms with Crippen molar-refractivity contribution in [2.24, 2.45) is 5.73 Å². The van der Waals surface area contributed by atoms with E-state index in [9.17, 15) is 4.79 Å². The largest absolute Gasteiger partial charge is 0.490 e. The molecule has 0 aromatic heterocycles. The summed E-state index contributed by atoms with van der Waals surface area (Å²) < 4.78 is 10.5. The van der Waals surface area contributed by atoms with E-state index in [1.807, 2.05) is 12.1 Å². The third-order valence-electron chi connectivity index (χ3n) is 2.63. The van der Waals surface area contributed by atoms with Gasteiger partial charge in [0, 0.05) is 12.7 Å². The number of methoxy groups -OCH3 is 1. The lowest BCUT2D eigenvalue weighted by Gasteiger charge is -2.10. The average molecular weight is 235 g/mol. The molecular weight excluding hydrogens is 218 g/mol. The fraction of sp³-hybridized carbons (Fsp3) is 0.462. The number of carbonyl (C=O) groups is 1. The summed E-state index contributed by atoms with van der Waals surface area (Å²) in [6.07, 6.45) is 2.52. The van der Waals surface area contributed by atoms with Crippen LogP contribution in [0.2, 0.25) is 0 Å². The lowest BCUT2D eigenvalue weighted by atomic mass is 10.1. The molecule has 4 nitrogen and oxygen atoms in total. The Kier molecular flexibility index (Phi) is 3.76. The first-order chi connectivity index (χ1) is 8.20. The maximum atomic E-state index is 11.9. The predicted molar refractivity (Wildman–Crippen MR) is 64.3 cm³/mol. The highest BCUT2D eigenvalue weighted by atomic mass is 16.5. The minimum atomic E-state index is -0.615. The Bertz CT molecular complexity index is 401. The molecule has 1 atom stereocenters. The Morgan fingerprint density at radius 1 is 1.53 bits per heavy atom. The second kappa shape index (κ2) is 5.29. The van der Waals surface area contributed by atoms with E-state index in [4.69, 9.17) is 15.2 Å². The lowest BCUT2D eigenvalue weighted by molar-refractivity contribution is 0.0892. The minimum absolute atomic E-state index is 0.118. The summed E-state index contributed by atoms with van der Waals surface area (Å²) in [7, 11) is 1.53. The maximum absolute atomic E-state index is 11.9. The molecule has 17 heavy (non-hydrogen) atoms. The van der Waals surface area contributed by atoms with Crippen molar-refractivity contribution in [2.75, 3.05) is 13.7 Å². The molecular formula is C13H17NO3. The first kappa shape index (κ1) is 12.1. The van der Waals surface area contributed by atoms with Crippen LogP contribution in [0.25, 0.3) is 0 Å². The van der Waals surface area contributed by atoms with Crippen LogP contribution in [0.5, 0.6) is 5.75 Å². The van der Waals surface area contributed by atoms with Crippen molar-refractivity contribution in [1.82, 2.24) is 0 Å². The fourth-order valence-electron chi connectivity index (χ4n) is 1.57. The van der Waals surface area contributed by atoms with Gasteiger partial charge in [-0.05, 0) is 25.0 Å². The first-order valence-electron chi connectivity index (χ1n) is 5.76. The van der Waals surface area contributed by atoms with Gasteiger partial charge in [0.2, 0.25) is 0 Å². The van der Waals surface area contributed by atoms with Gasteiger partial charge in [0.05, 0.1) is 18.8 Å². The summed E-state index contributed by atoms with van der Waals surface area (Å²) in [5, 5.41) is 0. The van der Waals surface area contributed by atoms with E-state index < -0.39 is 6.04 Å². The molecule has 0 spiro atoms. The van der Waals surface area contributed by atoms with Crippen LogP contribution >= 0.6 is 0 Å². The standard InChI is InChI=1S/C13H17NO3/c1-16-8-12(14)13(15)9-3-2-4-11(7-9)17-10-5-6-10/h2-4,7,10,12H,5-6,8,14H2,1H3. The molecule has 92 valence electrons. The number of ether oxygens (including phenoxy) is 2. The van der Waals surface area contributed by atoms with Crippen molar-refractivity contribution >= 4 is 5.78 Å². The first-order valence-corrected chi connectivity index (χ1v) is 5.76. The zero-order valence-electron chi connectivity index (χ0n) is 9.89. The molecule has 0 aliphatic heterocycles. The minimum Gasteiger partial charge on any atom is -0.490 e. The Morgan fingerprint density at radius 2 is 2.29 bits per heavy atom. The smallest absolute Gasteiger partial charge is 0.182 e. The summed E-state index contributed by atoms with van der Waals surface area (Å²) in [5.41, 5.74) is 6.28. The fourth-order valence-corrected chi connectivity index (χ4v) is 1.57. The van der Waals surface area contributed by atoms with Gasteiger partial charge >= 0.3 is 0 Å². The molecule has 0 heterocycles. The molecule has 2 rings (SSSR count). The van der Waals surface area contributed by atoms with Crippen molar-refractivity contribution in [2.45, 2.75) is 25.0 Å². The normalized spacial score (nSPS) is 16.6. The second-order valence-corrected chi connectivity index (χ2v) is 4.27. The van der Waals surface area contributed by atoms with Crippen LogP contribution in [-0.2, 0) is 4.74 Å². The van der Waals surface area contributed by atoms with Gasteiger partial charge in [0.15, 0.2) is 5.78 Å². The molecule has 0 radical (unpaired) electrons. The van der Waals surface area contributed by atoms with E-state index in [0.717, 1.165) is 18.6 Å². The molecule has 0 amide bonds. The van der Waals surface area contributed by atoms with Crippen LogP contribution in [0, 0.1) is 0 Å². The lowest BCUT2D eigenvalue weighted by Crippen LogP contribution is -2.34. The Balaban J connectivity index is 2.05. The number of ketones is 1. The molecule has 1 aliphatic carbocycles. The van der Waals surface area contributed by atoms with Crippen molar-refractivity contribution in [3.63, 3.8) is 0 Å². The number of rotatable bonds is 6. The van der Waals surface area contributed by atoms with Crippen molar-refractivity contribution in [3.8, 4) is 5.75 Å². The van der Waals surface area contributed by atoms with Crippen LogP contribution in [0.4, 0.5) is 0 Å². The van der Waals surface area contributed by atoms with E-state index >= 15 is 0 Å². The molecule has 1 aromatic rings. The molecule has 4 heteroatoms. The number of hydrogen-bond acceptors (Lipinski definition) is 4. The summed E-state index contributed by atoms with van der Waals surface area (Å²) in [6, 6.07) is 6.55. The number of benzene rings is 1. The van der Waals surface area contributed by atoms with Crippen LogP contribution in [0.15, 0.2) is 24.3 Å². The third kappa shape index (κ3) is 3.28. The van der Waals surface area contributed by atoms with Crippen molar-refractivity contribution in [1.29, 1.82) is 0 Å². The van der Waals surface area contributed by atoms with Gasteiger partial charge < -0.3 is 15.2 Å². The maximum Gasteiger partial charge on any atom is 0.182 e. The van der Waals surface area contributed by atoms with Gasteiger partial charge in [-0.2, -0.15) is 0 Å². The van der Waals surface area contributed by atoms with Gasteiger partial charge in [0.1, 0.15) is 5.75 Å². The quantitative estimate of drug-likeness (QED) is 0.757. The summed E-state index contributed by atoms with van der Waals surface area (Å²) in [6.45, 7) is 0.229. The topological polar surface area (TPSA) is 61.5 Å². The van der Waals surface area contributed by atoms with Crippen molar-refractivity contribution < 1.29 is 14.3 Å². The van der Waals surface area contributed by atoms with Crippen LogP contribution in [0.3, 0.4) is 0 Å². The van der Waals surface area contributed by atoms with Crippen LogP contribution < -0.4 is 10.5 Å². The number of Topliss-reactive ketones (excluding diaryl/α,β-unsaturated/α-hetero) is 1. The molecule has 1 aromatic carbocycles. The Hall–Kier alpha value is -1.39. The second-order valence-electron chi connectivity index (χ2n) is 4.27. The van der Waals surface area contributed by atoms with E-state index in [-0.39, 0.29) is 12.4 Å². The number of hydrogen-bond donors (Lipinski definition) is 1. The van der Waals surface area contributed by atoms with Gasteiger partial charge in [0.25, 0.3) is 0 Å². The van der Waals surface area contributed by atoms with Crippen LogP contribution in [-0.4, -0.2) is 31.6 Å². The zero-order valence-corrected chi connectivity index (χ0v) is 9.89. The average Bonchev–Trinajstić information content (AvgIpc) is 3.12. The highest BCUT2D eigenvalue weighted by Crippen LogP contribution is 2.27. The van der Waals surface area contributed by atoms with Gasteiger partial charge in [-0.25, -0.2) is 0 Å². The van der Waals surface area contributed by atoms with Gasteiger partial charge in [-0.3, -0.25) is 4.79 Å². The predicted octanol–water partition coefficient (Wildman–Crippen LogP) is 1.38. The van der Waals surface area contributed by atoms with Crippen molar-refractivity contribution in [3.05, 3.63) is 29.8 Å². The van der Waals surface area contributed by atoms with E-state index in [1.165, 1.54) is 7.11 Å². The monoisotopic (exact) mass is 235 g/mol. The zero-order chi connectivity index (χ0) is 12.3. The van der Waals surface area contributed by atoms with E-state index in [1.54, 1.807) is 12.1 Å². The summed E-state index contributed by atoms with van der Waals surface area (Å²) >= 11 is 0. The molecule has 1 saturated carbocycles. The summed E-state index contributed by atoms with van der Waals surface area (Å²) in [5.74, 6) is 0.621. The van der Waals surface area contributed by atoms with Gasteiger partial charge in [-0.15, -0.1) is 0 Å². The molecule has 1 aliphatic rings. The van der Waals surface area contributed by atoms with E-state index in [0.29, 0.717) is 11.7 Å². The van der Waals surface area contributed by atoms with E-state index in [2.05, 4.69) is 0 Å². The molecule has 1 fully saturated rings. The SMILES string of the molecule is COCC(N)C(=O)c1cccc(OC2CC2)c1. The molecule has 1 unspecified atom stereocenters. The highest BCUT2D eigenvalue weighted by molar-refractivity contribution is 6.00. The molecule has 2 N–H and O–H groups in total. The van der Waals surface area contributed by atoms with Crippen LogP contribution in [0.1, 0.15) is 23.2 Å². The highest BCUT2D eigenvalue weighted by Gasteiger charge is 2.24. The molecule has 0 bridgehead atoms. The number of carbonyl (C=O) groups excluding carboxylic acids is 1.